The molecule has 0 aliphatic heterocycles. The number of nitrogens with zero attached hydrogens (tertiary/aromatic N) is 1. The summed E-state index contributed by atoms with van der Waals surface area (Å²) in [5, 5.41) is 9.30. The van der Waals surface area contributed by atoms with Crippen molar-refractivity contribution in [3.63, 3.8) is 0 Å². The van der Waals surface area contributed by atoms with Gasteiger partial charge in [-0.25, -0.2) is 0 Å². The Morgan fingerprint density at radius 3 is 2.62 bits per heavy atom. The molecule has 0 amide bonds. The fourth-order valence-electron chi connectivity index (χ4n) is 2.21. The summed E-state index contributed by atoms with van der Waals surface area (Å²) in [5.41, 5.74) is 1.79. The molecule has 0 aromatic heterocycles. The average Bonchev–Trinajstić information content (AvgIpc) is 2.55. The van der Waals surface area contributed by atoms with Crippen molar-refractivity contribution >= 4 is 5.78 Å². The van der Waals surface area contributed by atoms with Crippen molar-refractivity contribution < 1.29 is 9.53 Å². The van der Waals surface area contributed by atoms with E-state index in [0.717, 1.165) is 5.56 Å². The highest BCUT2D eigenvalue weighted by Crippen LogP contribution is 2.22. The lowest BCUT2D eigenvalue weighted by atomic mass is 9.92. The molecule has 0 aliphatic rings. The highest BCUT2D eigenvalue weighted by Gasteiger charge is 2.20. The Hall–Kier alpha value is -2.60. The highest BCUT2D eigenvalue weighted by molar-refractivity contribution is 5.88. The normalized spacial score (nSPS) is 11.4. The molecule has 0 saturated heterocycles. The van der Waals surface area contributed by atoms with Crippen LogP contribution < -0.4 is 4.74 Å². The van der Waals surface area contributed by atoms with Crippen LogP contribution in [0, 0.1) is 11.3 Å². The summed E-state index contributed by atoms with van der Waals surface area (Å²) in [7, 11) is 1.57. The second-order valence-corrected chi connectivity index (χ2v) is 4.79. The zero-order valence-corrected chi connectivity index (χ0v) is 12.0. The van der Waals surface area contributed by atoms with Crippen LogP contribution >= 0.6 is 0 Å². The molecule has 0 saturated carbocycles. The number of hydrogen-bond acceptors (Lipinski definition) is 3. The molecule has 2 rings (SSSR count). The summed E-state index contributed by atoms with van der Waals surface area (Å²) in [4.78, 5) is 12.3. The molecular weight excluding hydrogens is 262 g/mol. The molecule has 0 aliphatic carbocycles. The third kappa shape index (κ3) is 3.93. The van der Waals surface area contributed by atoms with E-state index in [2.05, 4.69) is 6.07 Å². The molecule has 3 heteroatoms. The predicted octanol–water partition coefficient (Wildman–Crippen LogP) is 3.50. The van der Waals surface area contributed by atoms with Gasteiger partial charge in [0.15, 0.2) is 5.78 Å². The van der Waals surface area contributed by atoms with E-state index >= 15 is 0 Å². The van der Waals surface area contributed by atoms with E-state index in [4.69, 9.17) is 4.74 Å². The van der Waals surface area contributed by atoms with Crippen LogP contribution in [0.3, 0.4) is 0 Å². The Bertz CT molecular complexity index is 644. The van der Waals surface area contributed by atoms with Crippen LogP contribution in [0.5, 0.6) is 5.75 Å². The first-order valence-corrected chi connectivity index (χ1v) is 6.85. The standard InChI is InChI=1S/C18H17NO2/c1-21-16-9-5-8-15(12-16)17(13-19)18(20)11-10-14-6-3-2-4-7-14/h2-9,12,17H,10-11H2,1H3. The fourth-order valence-corrected chi connectivity index (χ4v) is 2.21. The number of methoxy groups -OCH3 is 1. The first-order valence-electron chi connectivity index (χ1n) is 6.85. The monoisotopic (exact) mass is 279 g/mol. The zero-order valence-electron chi connectivity index (χ0n) is 12.0. The summed E-state index contributed by atoms with van der Waals surface area (Å²) < 4.78 is 5.14. The maximum Gasteiger partial charge on any atom is 0.154 e. The van der Waals surface area contributed by atoms with Gasteiger partial charge in [-0.15, -0.1) is 0 Å². The number of nitriles is 1. The summed E-state index contributed by atoms with van der Waals surface area (Å²) in [6.45, 7) is 0. The second-order valence-electron chi connectivity index (χ2n) is 4.79. The van der Waals surface area contributed by atoms with Crippen LogP contribution in [-0.2, 0) is 11.2 Å². The molecule has 0 radical (unpaired) electrons. The second kappa shape index (κ2) is 7.25. The quantitative estimate of drug-likeness (QED) is 0.813. The van der Waals surface area contributed by atoms with Crippen LogP contribution in [0.15, 0.2) is 54.6 Å². The lowest BCUT2D eigenvalue weighted by Gasteiger charge is -2.10. The minimum atomic E-state index is -0.733. The Morgan fingerprint density at radius 2 is 1.95 bits per heavy atom. The van der Waals surface area contributed by atoms with E-state index in [1.54, 1.807) is 31.4 Å². The van der Waals surface area contributed by atoms with Crippen molar-refractivity contribution in [2.75, 3.05) is 7.11 Å². The molecule has 21 heavy (non-hydrogen) atoms. The van der Waals surface area contributed by atoms with Crippen LogP contribution in [0.4, 0.5) is 0 Å². The Morgan fingerprint density at radius 1 is 1.19 bits per heavy atom. The van der Waals surface area contributed by atoms with Crippen molar-refractivity contribution in [3.8, 4) is 11.8 Å². The van der Waals surface area contributed by atoms with Gasteiger partial charge in [0, 0.05) is 6.42 Å². The number of hydrogen-bond donors (Lipinski definition) is 0. The van der Waals surface area contributed by atoms with Crippen molar-refractivity contribution in [1.82, 2.24) is 0 Å². The van der Waals surface area contributed by atoms with Crippen molar-refractivity contribution in [2.45, 2.75) is 18.8 Å². The number of ketones is 1. The van der Waals surface area contributed by atoms with Gasteiger partial charge in [0.25, 0.3) is 0 Å². The third-order valence-corrected chi connectivity index (χ3v) is 3.38. The van der Waals surface area contributed by atoms with E-state index in [-0.39, 0.29) is 5.78 Å². The Labute approximate surface area is 124 Å². The van der Waals surface area contributed by atoms with Gasteiger partial charge in [0.05, 0.1) is 13.2 Å². The summed E-state index contributed by atoms with van der Waals surface area (Å²) in [5.74, 6) is -0.137. The molecule has 3 nitrogen and oxygen atoms in total. The molecule has 0 bridgehead atoms. The minimum Gasteiger partial charge on any atom is -0.497 e. The van der Waals surface area contributed by atoms with Crippen LogP contribution in [0.2, 0.25) is 0 Å². The van der Waals surface area contributed by atoms with Gasteiger partial charge >= 0.3 is 0 Å². The minimum absolute atomic E-state index is 0.0605. The molecular formula is C18H17NO2. The van der Waals surface area contributed by atoms with Gasteiger partial charge in [-0.05, 0) is 29.7 Å². The summed E-state index contributed by atoms with van der Waals surface area (Å²) >= 11 is 0. The van der Waals surface area contributed by atoms with E-state index in [1.165, 1.54) is 0 Å². The lowest BCUT2D eigenvalue weighted by Crippen LogP contribution is -2.11. The number of ether oxygens (including phenoxy) is 1. The van der Waals surface area contributed by atoms with E-state index in [0.29, 0.717) is 24.2 Å². The number of carbonyl (C=O) groups excluding carboxylic acids is 1. The number of aryl methyl sites for hydroxylation is 1. The molecule has 1 unspecified atom stereocenters. The van der Waals surface area contributed by atoms with E-state index in [1.807, 2.05) is 30.3 Å². The fraction of sp³-hybridized carbons (Fsp3) is 0.222. The number of rotatable bonds is 6. The molecule has 0 N–H and O–H groups in total. The predicted molar refractivity (Wildman–Crippen MR) is 81.1 cm³/mol. The first kappa shape index (κ1) is 14.8. The van der Waals surface area contributed by atoms with Gasteiger partial charge in [-0.3, -0.25) is 4.79 Å². The van der Waals surface area contributed by atoms with Crippen molar-refractivity contribution in [1.29, 1.82) is 5.26 Å². The van der Waals surface area contributed by atoms with Gasteiger partial charge in [-0.2, -0.15) is 5.26 Å². The zero-order chi connectivity index (χ0) is 15.1. The van der Waals surface area contributed by atoms with E-state index < -0.39 is 5.92 Å². The molecule has 2 aromatic rings. The first-order chi connectivity index (χ1) is 10.2. The van der Waals surface area contributed by atoms with E-state index in [9.17, 15) is 10.1 Å². The SMILES string of the molecule is COc1cccc(C(C#N)C(=O)CCc2ccccc2)c1. The van der Waals surface area contributed by atoms with Gasteiger partial charge in [0.1, 0.15) is 11.7 Å². The maximum absolute atomic E-state index is 12.3. The topological polar surface area (TPSA) is 50.1 Å². The number of Topliss-reactive ketones (excluding diaryl/α,β-unsaturated/α-hetero) is 1. The highest BCUT2D eigenvalue weighted by atomic mass is 16.5. The Kier molecular flexibility index (Phi) is 5.11. The average molecular weight is 279 g/mol. The van der Waals surface area contributed by atoms with Crippen molar-refractivity contribution in [3.05, 3.63) is 65.7 Å². The van der Waals surface area contributed by atoms with Crippen LogP contribution in [0.25, 0.3) is 0 Å². The van der Waals surface area contributed by atoms with Gasteiger partial charge in [-0.1, -0.05) is 42.5 Å². The summed E-state index contributed by atoms with van der Waals surface area (Å²) in [6.07, 6.45) is 1.02. The molecule has 0 fully saturated rings. The number of benzene rings is 2. The number of carbonyl (C=O) groups is 1. The maximum atomic E-state index is 12.3. The lowest BCUT2D eigenvalue weighted by molar-refractivity contribution is -0.119. The Balaban J connectivity index is 2.06. The molecule has 0 heterocycles. The smallest absolute Gasteiger partial charge is 0.154 e. The third-order valence-electron chi connectivity index (χ3n) is 3.38. The van der Waals surface area contributed by atoms with Crippen LogP contribution in [0.1, 0.15) is 23.5 Å². The van der Waals surface area contributed by atoms with Crippen LogP contribution in [-0.4, -0.2) is 12.9 Å². The largest absolute Gasteiger partial charge is 0.497 e. The molecule has 2 aromatic carbocycles. The summed E-state index contributed by atoms with van der Waals surface area (Å²) in [6, 6.07) is 19.0. The molecule has 1 atom stereocenters. The van der Waals surface area contributed by atoms with Gasteiger partial charge < -0.3 is 4.74 Å². The molecule has 0 spiro atoms. The van der Waals surface area contributed by atoms with Gasteiger partial charge in [0.2, 0.25) is 0 Å². The molecule has 106 valence electrons. The van der Waals surface area contributed by atoms with Crippen molar-refractivity contribution in [2.24, 2.45) is 0 Å².